The highest BCUT2D eigenvalue weighted by molar-refractivity contribution is 6.09. The van der Waals surface area contributed by atoms with E-state index >= 15 is 0 Å². The molecule has 4 heterocycles. The molecule has 0 bridgehead atoms. The fourth-order valence-corrected chi connectivity index (χ4v) is 3.50. The molecule has 0 amide bonds. The maximum Gasteiger partial charge on any atom is 0.159 e. The Morgan fingerprint density at radius 1 is 1.31 bits per heavy atom. The third-order valence-corrected chi connectivity index (χ3v) is 4.86. The Bertz CT molecular complexity index is 1080. The van der Waals surface area contributed by atoms with E-state index in [2.05, 4.69) is 25.9 Å². The topological polar surface area (TPSA) is 92.7 Å². The molecule has 132 valence electrons. The van der Waals surface area contributed by atoms with Crippen LogP contribution in [0, 0.1) is 0 Å². The summed E-state index contributed by atoms with van der Waals surface area (Å²) in [7, 11) is 1.66. The van der Waals surface area contributed by atoms with Crippen LogP contribution < -0.4 is 15.4 Å². The van der Waals surface area contributed by atoms with Crippen LogP contribution in [-0.2, 0) is 0 Å². The molecule has 26 heavy (non-hydrogen) atoms. The van der Waals surface area contributed by atoms with Crippen LogP contribution in [0.15, 0.2) is 36.8 Å². The number of anilines is 2. The first-order valence-corrected chi connectivity index (χ1v) is 8.65. The van der Waals surface area contributed by atoms with Crippen LogP contribution in [0.5, 0.6) is 5.75 Å². The van der Waals surface area contributed by atoms with E-state index < -0.39 is 0 Å². The highest BCUT2D eigenvalue weighted by Gasteiger charge is 2.18. The number of pyridine rings is 1. The first-order valence-electron chi connectivity index (χ1n) is 8.65. The van der Waals surface area contributed by atoms with Gasteiger partial charge < -0.3 is 15.4 Å². The summed E-state index contributed by atoms with van der Waals surface area (Å²) in [4.78, 5) is 4.75. The van der Waals surface area contributed by atoms with Gasteiger partial charge in [-0.1, -0.05) is 0 Å². The number of benzene rings is 1. The number of nitrogens with one attached hydrogen (secondary N) is 3. The lowest BCUT2D eigenvalue weighted by Gasteiger charge is -2.09. The van der Waals surface area contributed by atoms with Crippen molar-refractivity contribution >= 4 is 33.3 Å². The number of aromatic amines is 1. The van der Waals surface area contributed by atoms with Gasteiger partial charge in [-0.3, -0.25) is 9.78 Å². The van der Waals surface area contributed by atoms with Gasteiger partial charge in [-0.15, -0.1) is 0 Å². The van der Waals surface area contributed by atoms with Crippen LogP contribution in [0.1, 0.15) is 12.5 Å². The van der Waals surface area contributed by atoms with E-state index in [0.29, 0.717) is 11.9 Å². The molecule has 1 unspecified atom stereocenters. The first kappa shape index (κ1) is 15.2. The molecule has 1 saturated heterocycles. The number of hydrogen-bond acceptors (Lipinski definition) is 6. The van der Waals surface area contributed by atoms with Crippen molar-refractivity contribution in [1.29, 1.82) is 0 Å². The van der Waals surface area contributed by atoms with Crippen molar-refractivity contribution in [1.82, 2.24) is 30.3 Å². The van der Waals surface area contributed by atoms with Crippen molar-refractivity contribution in [3.05, 3.63) is 36.8 Å². The monoisotopic (exact) mass is 349 g/mol. The predicted molar refractivity (Wildman–Crippen MR) is 100.0 cm³/mol. The number of H-pyrrole nitrogens is 1. The second kappa shape index (κ2) is 5.99. The molecule has 0 saturated carbocycles. The summed E-state index contributed by atoms with van der Waals surface area (Å²) in [6.07, 6.45) is 6.84. The van der Waals surface area contributed by atoms with Crippen molar-refractivity contribution < 1.29 is 4.74 Å². The van der Waals surface area contributed by atoms with Gasteiger partial charge in [-0.05, 0) is 31.2 Å². The fraction of sp³-hybridized carbons (Fsp3) is 0.278. The van der Waals surface area contributed by atoms with E-state index in [4.69, 9.17) is 9.72 Å². The minimum atomic E-state index is 0.410. The maximum absolute atomic E-state index is 5.33. The number of rotatable bonds is 4. The second-order valence-corrected chi connectivity index (χ2v) is 6.47. The Hall–Kier alpha value is -3.13. The van der Waals surface area contributed by atoms with E-state index in [1.807, 2.05) is 41.5 Å². The van der Waals surface area contributed by atoms with Gasteiger partial charge in [0.1, 0.15) is 11.3 Å². The zero-order valence-corrected chi connectivity index (χ0v) is 14.4. The van der Waals surface area contributed by atoms with Crippen molar-refractivity contribution in [2.75, 3.05) is 25.5 Å². The van der Waals surface area contributed by atoms with Crippen molar-refractivity contribution in [2.24, 2.45) is 0 Å². The molecule has 1 aliphatic rings. The largest absolute Gasteiger partial charge is 0.497 e. The fourth-order valence-electron chi connectivity index (χ4n) is 3.50. The highest BCUT2D eigenvalue weighted by Crippen LogP contribution is 2.31. The number of nitrogens with zero attached hydrogens (tertiary/aromatic N) is 4. The Morgan fingerprint density at radius 2 is 2.27 bits per heavy atom. The summed E-state index contributed by atoms with van der Waals surface area (Å²) in [5, 5.41) is 20.5. The second-order valence-electron chi connectivity index (χ2n) is 6.47. The van der Waals surface area contributed by atoms with Crippen LogP contribution in [-0.4, -0.2) is 45.2 Å². The molecule has 0 radical (unpaired) electrons. The van der Waals surface area contributed by atoms with Gasteiger partial charge in [0.25, 0.3) is 0 Å². The standard InChI is InChI=1S/C18H19N7O/c1-26-13-2-3-16-14(6-13)15-9-20-24-17(15)18(23-16)22-11-7-21-25(10-11)12-4-5-19-8-12/h2-3,6-7,9-10,12,19H,4-5,8H2,1H3,(H,20,24)(H,22,23). The molecular formula is C18H19N7O. The van der Waals surface area contributed by atoms with Crippen LogP contribution in [0.3, 0.4) is 0 Å². The van der Waals surface area contributed by atoms with Crippen LogP contribution in [0.2, 0.25) is 0 Å². The Morgan fingerprint density at radius 3 is 3.12 bits per heavy atom. The maximum atomic E-state index is 5.33. The Kier molecular flexibility index (Phi) is 3.49. The lowest BCUT2D eigenvalue weighted by atomic mass is 10.1. The van der Waals surface area contributed by atoms with E-state index in [0.717, 1.165) is 52.8 Å². The van der Waals surface area contributed by atoms with Gasteiger partial charge in [0.05, 0.1) is 30.6 Å². The average Bonchev–Trinajstić information content (AvgIpc) is 3.41. The lowest BCUT2D eigenvalue weighted by Crippen LogP contribution is -2.13. The van der Waals surface area contributed by atoms with E-state index in [-0.39, 0.29) is 0 Å². The predicted octanol–water partition coefficient (Wildman–Crippen LogP) is 2.59. The number of methoxy groups -OCH3 is 1. The zero-order chi connectivity index (χ0) is 17.5. The van der Waals surface area contributed by atoms with Gasteiger partial charge in [-0.2, -0.15) is 10.2 Å². The molecule has 8 heteroatoms. The first-order chi connectivity index (χ1) is 12.8. The Labute approximate surface area is 149 Å². The number of fused-ring (bicyclic) bond motifs is 3. The molecule has 0 aliphatic carbocycles. The molecule has 5 rings (SSSR count). The zero-order valence-electron chi connectivity index (χ0n) is 14.4. The summed E-state index contributed by atoms with van der Waals surface area (Å²) >= 11 is 0. The summed E-state index contributed by atoms with van der Waals surface area (Å²) in [6.45, 7) is 2.00. The van der Waals surface area contributed by atoms with Crippen LogP contribution >= 0.6 is 0 Å². The molecule has 0 spiro atoms. The molecule has 3 aromatic heterocycles. The molecular weight excluding hydrogens is 330 g/mol. The third kappa shape index (κ3) is 2.46. The van der Waals surface area contributed by atoms with Crippen LogP contribution in [0.25, 0.3) is 21.8 Å². The number of hydrogen-bond donors (Lipinski definition) is 3. The third-order valence-electron chi connectivity index (χ3n) is 4.86. The van der Waals surface area contributed by atoms with E-state index in [9.17, 15) is 0 Å². The quantitative estimate of drug-likeness (QED) is 0.524. The van der Waals surface area contributed by atoms with Gasteiger partial charge in [0.2, 0.25) is 0 Å². The van der Waals surface area contributed by atoms with Crippen molar-refractivity contribution in [3.8, 4) is 5.75 Å². The minimum Gasteiger partial charge on any atom is -0.497 e. The summed E-state index contributed by atoms with van der Waals surface area (Å²) < 4.78 is 7.34. The van der Waals surface area contributed by atoms with Crippen molar-refractivity contribution in [2.45, 2.75) is 12.5 Å². The molecule has 1 aromatic carbocycles. The molecule has 4 aromatic rings. The van der Waals surface area contributed by atoms with Gasteiger partial charge in [-0.25, -0.2) is 4.98 Å². The van der Waals surface area contributed by atoms with E-state index in [1.54, 1.807) is 7.11 Å². The molecule has 3 N–H and O–H groups in total. The molecule has 1 aliphatic heterocycles. The summed E-state index contributed by atoms with van der Waals surface area (Å²) in [6, 6.07) is 6.26. The SMILES string of the molecule is COc1ccc2nc(Nc3cnn(C4CCNC4)c3)c3n[nH]cc3c2c1. The van der Waals surface area contributed by atoms with Gasteiger partial charge in [0, 0.05) is 29.7 Å². The van der Waals surface area contributed by atoms with Crippen LogP contribution in [0.4, 0.5) is 11.5 Å². The van der Waals surface area contributed by atoms with Gasteiger partial charge in [0.15, 0.2) is 5.82 Å². The molecule has 8 nitrogen and oxygen atoms in total. The molecule has 1 atom stereocenters. The van der Waals surface area contributed by atoms with E-state index in [1.165, 1.54) is 0 Å². The number of ether oxygens (including phenoxy) is 1. The summed E-state index contributed by atoms with van der Waals surface area (Å²) in [5.74, 6) is 1.51. The minimum absolute atomic E-state index is 0.410. The lowest BCUT2D eigenvalue weighted by molar-refractivity contribution is 0.415. The normalized spacial score (nSPS) is 17.2. The smallest absolute Gasteiger partial charge is 0.159 e. The highest BCUT2D eigenvalue weighted by atomic mass is 16.5. The molecule has 1 fully saturated rings. The Balaban J connectivity index is 1.54. The average molecular weight is 349 g/mol. The van der Waals surface area contributed by atoms with Crippen molar-refractivity contribution in [3.63, 3.8) is 0 Å². The summed E-state index contributed by atoms with van der Waals surface area (Å²) in [5.41, 5.74) is 2.58. The number of aromatic nitrogens is 5. The van der Waals surface area contributed by atoms with Gasteiger partial charge >= 0.3 is 0 Å².